The molecule has 1 amide bonds. The SMILES string of the molecule is CC(C)CC(=O)NNS(=O)(=O)c1ccccc1C(F)(F)F. The molecular formula is C12H15F3N2O3S. The fraction of sp³-hybridized carbons (Fsp3) is 0.417. The van der Waals surface area contributed by atoms with Crippen molar-refractivity contribution in [2.75, 3.05) is 0 Å². The summed E-state index contributed by atoms with van der Waals surface area (Å²) in [7, 11) is -4.51. The maximum absolute atomic E-state index is 12.8. The Labute approximate surface area is 120 Å². The molecule has 0 saturated carbocycles. The molecule has 5 nitrogen and oxygen atoms in total. The molecule has 0 aromatic heterocycles. The number of carbonyl (C=O) groups excluding carboxylic acids is 1. The molecule has 0 radical (unpaired) electrons. The van der Waals surface area contributed by atoms with Crippen molar-refractivity contribution >= 4 is 15.9 Å². The predicted molar refractivity (Wildman–Crippen MR) is 69.4 cm³/mol. The third-order valence-electron chi connectivity index (χ3n) is 2.40. The van der Waals surface area contributed by atoms with E-state index in [-0.39, 0.29) is 12.3 Å². The van der Waals surface area contributed by atoms with Crippen LogP contribution in [-0.4, -0.2) is 14.3 Å². The number of benzene rings is 1. The molecule has 1 rings (SSSR count). The molecule has 0 aliphatic rings. The second-order valence-electron chi connectivity index (χ2n) is 4.75. The zero-order valence-corrected chi connectivity index (χ0v) is 12.2. The summed E-state index contributed by atoms with van der Waals surface area (Å²) in [5.74, 6) is -0.643. The molecule has 21 heavy (non-hydrogen) atoms. The van der Waals surface area contributed by atoms with E-state index in [0.29, 0.717) is 6.07 Å². The highest BCUT2D eigenvalue weighted by Gasteiger charge is 2.36. The van der Waals surface area contributed by atoms with E-state index in [1.54, 1.807) is 18.7 Å². The van der Waals surface area contributed by atoms with Crippen molar-refractivity contribution in [2.45, 2.75) is 31.3 Å². The highest BCUT2D eigenvalue weighted by atomic mass is 32.2. The predicted octanol–water partition coefficient (Wildman–Crippen LogP) is 2.06. The van der Waals surface area contributed by atoms with Crippen LogP contribution in [0.5, 0.6) is 0 Å². The molecule has 0 unspecified atom stereocenters. The summed E-state index contributed by atoms with van der Waals surface area (Å²) in [4.78, 5) is 12.1. The minimum atomic E-state index is -4.81. The van der Waals surface area contributed by atoms with Crippen LogP contribution in [0.2, 0.25) is 0 Å². The van der Waals surface area contributed by atoms with Gasteiger partial charge in [-0.3, -0.25) is 10.2 Å². The van der Waals surface area contributed by atoms with Crippen molar-refractivity contribution < 1.29 is 26.4 Å². The van der Waals surface area contributed by atoms with Gasteiger partial charge in [0.1, 0.15) is 0 Å². The number of sulfonamides is 1. The Morgan fingerprint density at radius 1 is 1.24 bits per heavy atom. The Bertz CT molecular complexity index is 612. The molecule has 0 atom stereocenters. The lowest BCUT2D eigenvalue weighted by atomic mass is 10.1. The number of amides is 1. The van der Waals surface area contributed by atoms with Crippen LogP contribution in [0.15, 0.2) is 29.2 Å². The molecule has 0 spiro atoms. The smallest absolute Gasteiger partial charge is 0.278 e. The average Bonchev–Trinajstić information content (AvgIpc) is 2.35. The van der Waals surface area contributed by atoms with E-state index in [2.05, 4.69) is 0 Å². The molecular weight excluding hydrogens is 309 g/mol. The van der Waals surface area contributed by atoms with Crippen molar-refractivity contribution in [2.24, 2.45) is 5.92 Å². The number of hydrogen-bond acceptors (Lipinski definition) is 3. The minimum Gasteiger partial charge on any atom is -0.278 e. The number of hydrazine groups is 1. The fourth-order valence-corrected chi connectivity index (χ4v) is 2.63. The summed E-state index contributed by atoms with van der Waals surface area (Å²) in [6.45, 7) is 3.49. The van der Waals surface area contributed by atoms with Gasteiger partial charge < -0.3 is 0 Å². The van der Waals surface area contributed by atoms with Crippen molar-refractivity contribution in [3.63, 3.8) is 0 Å². The minimum absolute atomic E-state index is 0.0167. The van der Waals surface area contributed by atoms with Crippen molar-refractivity contribution in [3.8, 4) is 0 Å². The van der Waals surface area contributed by atoms with Crippen molar-refractivity contribution in [1.82, 2.24) is 10.3 Å². The lowest BCUT2D eigenvalue weighted by Crippen LogP contribution is -2.42. The van der Waals surface area contributed by atoms with Crippen LogP contribution < -0.4 is 10.3 Å². The first-order chi connectivity index (χ1) is 9.54. The summed E-state index contributed by atoms with van der Waals surface area (Å²) in [6.07, 6.45) is -4.77. The van der Waals surface area contributed by atoms with Crippen LogP contribution in [-0.2, 0) is 21.0 Å². The molecule has 0 aliphatic heterocycles. The first-order valence-corrected chi connectivity index (χ1v) is 7.49. The maximum atomic E-state index is 12.8. The second kappa shape index (κ2) is 6.44. The van der Waals surface area contributed by atoms with Gasteiger partial charge in [-0.25, -0.2) is 8.42 Å². The Morgan fingerprint density at radius 3 is 2.33 bits per heavy atom. The number of rotatable bonds is 5. The summed E-state index contributed by atoms with van der Waals surface area (Å²) in [5, 5.41) is 0. The van der Waals surface area contributed by atoms with E-state index in [1.807, 2.05) is 5.43 Å². The molecule has 0 fully saturated rings. The topological polar surface area (TPSA) is 75.3 Å². The molecule has 118 valence electrons. The van der Waals surface area contributed by atoms with Crippen LogP contribution in [0.3, 0.4) is 0 Å². The summed E-state index contributed by atoms with van der Waals surface area (Å²) >= 11 is 0. The molecule has 2 N–H and O–H groups in total. The van der Waals surface area contributed by atoms with Crippen LogP contribution in [0.25, 0.3) is 0 Å². The number of hydrogen-bond donors (Lipinski definition) is 2. The van der Waals surface area contributed by atoms with Crippen LogP contribution >= 0.6 is 0 Å². The monoisotopic (exact) mass is 324 g/mol. The summed E-state index contributed by atoms with van der Waals surface area (Å²) in [6, 6.07) is 3.73. The lowest BCUT2D eigenvalue weighted by Gasteiger charge is -2.14. The van der Waals surface area contributed by atoms with Gasteiger partial charge in [0.05, 0.1) is 10.5 Å². The van der Waals surface area contributed by atoms with Gasteiger partial charge in [-0.2, -0.15) is 13.2 Å². The first-order valence-electron chi connectivity index (χ1n) is 6.01. The summed E-state index contributed by atoms with van der Waals surface area (Å²) in [5.41, 5.74) is 0.591. The quantitative estimate of drug-likeness (QED) is 0.814. The highest BCUT2D eigenvalue weighted by molar-refractivity contribution is 7.89. The fourth-order valence-electron chi connectivity index (χ4n) is 1.54. The van der Waals surface area contributed by atoms with E-state index in [1.165, 1.54) is 6.07 Å². The summed E-state index contributed by atoms with van der Waals surface area (Å²) < 4.78 is 62.0. The van der Waals surface area contributed by atoms with Gasteiger partial charge in [0, 0.05) is 6.42 Å². The third kappa shape index (κ3) is 5.01. The second-order valence-corrected chi connectivity index (χ2v) is 6.40. The zero-order chi connectivity index (χ0) is 16.3. The van der Waals surface area contributed by atoms with Crippen LogP contribution in [0.4, 0.5) is 13.2 Å². The Kier molecular flexibility index (Phi) is 5.35. The normalized spacial score (nSPS) is 12.5. The van der Waals surface area contributed by atoms with Gasteiger partial charge in [-0.1, -0.05) is 26.0 Å². The Morgan fingerprint density at radius 2 is 1.81 bits per heavy atom. The van der Waals surface area contributed by atoms with E-state index in [4.69, 9.17) is 0 Å². The molecule has 0 heterocycles. The number of nitrogens with one attached hydrogen (secondary N) is 2. The van der Waals surface area contributed by atoms with E-state index < -0.39 is 32.6 Å². The molecule has 0 saturated heterocycles. The molecule has 0 aliphatic carbocycles. The number of alkyl halides is 3. The van der Waals surface area contributed by atoms with Crippen molar-refractivity contribution in [3.05, 3.63) is 29.8 Å². The van der Waals surface area contributed by atoms with Crippen LogP contribution in [0, 0.1) is 5.92 Å². The first kappa shape index (κ1) is 17.4. The Hall–Kier alpha value is -1.61. The van der Waals surface area contributed by atoms with Crippen LogP contribution in [0.1, 0.15) is 25.8 Å². The third-order valence-corrected chi connectivity index (χ3v) is 3.71. The lowest BCUT2D eigenvalue weighted by molar-refractivity contribution is -0.139. The van der Waals surface area contributed by atoms with E-state index in [0.717, 1.165) is 12.1 Å². The van der Waals surface area contributed by atoms with E-state index >= 15 is 0 Å². The molecule has 1 aromatic rings. The average molecular weight is 324 g/mol. The van der Waals surface area contributed by atoms with Gasteiger partial charge in [0.15, 0.2) is 0 Å². The Balaban J connectivity index is 2.97. The molecule has 0 bridgehead atoms. The van der Waals surface area contributed by atoms with Gasteiger partial charge >= 0.3 is 6.18 Å². The largest absolute Gasteiger partial charge is 0.417 e. The standard InChI is InChI=1S/C12H15F3N2O3S/c1-8(2)7-11(18)16-17-21(19,20)10-6-4-3-5-9(10)12(13,14)15/h3-6,8,17H,7H2,1-2H3,(H,16,18). The number of halogens is 3. The zero-order valence-electron chi connectivity index (χ0n) is 11.4. The van der Waals surface area contributed by atoms with Gasteiger partial charge in [-0.15, -0.1) is 4.83 Å². The maximum Gasteiger partial charge on any atom is 0.417 e. The van der Waals surface area contributed by atoms with Crippen molar-refractivity contribution in [1.29, 1.82) is 0 Å². The van der Waals surface area contributed by atoms with Gasteiger partial charge in [0.25, 0.3) is 10.0 Å². The number of carbonyl (C=O) groups is 1. The molecule has 1 aromatic carbocycles. The van der Waals surface area contributed by atoms with Gasteiger partial charge in [0.2, 0.25) is 5.91 Å². The highest BCUT2D eigenvalue weighted by Crippen LogP contribution is 2.33. The molecule has 9 heteroatoms. The van der Waals surface area contributed by atoms with E-state index in [9.17, 15) is 26.4 Å². The van der Waals surface area contributed by atoms with Gasteiger partial charge in [-0.05, 0) is 18.1 Å².